The number of nitrogens with zero attached hydrogens (tertiary/aromatic N) is 1. The van der Waals surface area contributed by atoms with E-state index in [0.29, 0.717) is 5.41 Å². The summed E-state index contributed by atoms with van der Waals surface area (Å²) in [5.41, 5.74) is 3.28. The van der Waals surface area contributed by atoms with Crippen LogP contribution in [0.4, 0.5) is 0 Å². The molecule has 1 N–H and O–H groups in total. The van der Waals surface area contributed by atoms with Gasteiger partial charge in [0, 0.05) is 23.2 Å². The number of nitrogens with one attached hydrogen (secondary N) is 1. The molecule has 3 aromatic rings. The Hall–Kier alpha value is -1.68. The molecule has 0 bridgehead atoms. The highest BCUT2D eigenvalue weighted by molar-refractivity contribution is 7.17. The summed E-state index contributed by atoms with van der Waals surface area (Å²) >= 11 is 1.91. The minimum atomic E-state index is 0.297. The van der Waals surface area contributed by atoms with Crippen molar-refractivity contribution in [1.29, 1.82) is 0 Å². The third-order valence-electron chi connectivity index (χ3n) is 6.02. The zero-order chi connectivity index (χ0) is 18.5. The zero-order valence-corrected chi connectivity index (χ0v) is 17.1. The van der Waals surface area contributed by atoms with Gasteiger partial charge in [0.15, 0.2) is 0 Å². The molecule has 0 aliphatic carbocycles. The maximum atomic E-state index is 3.70. The lowest BCUT2D eigenvalue weighted by molar-refractivity contribution is 0.257. The van der Waals surface area contributed by atoms with E-state index in [-0.39, 0.29) is 0 Å². The average molecular weight is 379 g/mol. The van der Waals surface area contributed by atoms with Crippen molar-refractivity contribution in [2.45, 2.75) is 37.6 Å². The predicted octanol–water partition coefficient (Wildman–Crippen LogP) is 5.43. The second kappa shape index (κ2) is 8.55. The van der Waals surface area contributed by atoms with Crippen molar-refractivity contribution in [3.05, 3.63) is 71.1 Å². The largest absolute Gasteiger partial charge is 0.316 e. The van der Waals surface area contributed by atoms with Gasteiger partial charge in [0.25, 0.3) is 0 Å². The summed E-state index contributed by atoms with van der Waals surface area (Å²) in [4.78, 5) is 2.46. The van der Waals surface area contributed by atoms with Gasteiger partial charge in [0.05, 0.1) is 0 Å². The zero-order valence-electron chi connectivity index (χ0n) is 16.3. The Kier molecular flexibility index (Phi) is 5.92. The molecule has 4 rings (SSSR count). The predicted molar refractivity (Wildman–Crippen MR) is 118 cm³/mol. The molecule has 1 unspecified atom stereocenters. The van der Waals surface area contributed by atoms with Crippen molar-refractivity contribution in [2.24, 2.45) is 0 Å². The minimum absolute atomic E-state index is 0.297. The van der Waals surface area contributed by atoms with Gasteiger partial charge < -0.3 is 10.2 Å². The number of hydrogen-bond acceptors (Lipinski definition) is 3. The molecule has 27 heavy (non-hydrogen) atoms. The summed E-state index contributed by atoms with van der Waals surface area (Å²) in [5, 5.41) is 7.61. The van der Waals surface area contributed by atoms with Crippen LogP contribution in [-0.2, 0) is 12.0 Å². The molecule has 3 heteroatoms. The molecule has 1 aliphatic heterocycles. The van der Waals surface area contributed by atoms with E-state index in [1.54, 1.807) is 5.56 Å². The molecule has 2 nitrogen and oxygen atoms in total. The van der Waals surface area contributed by atoms with E-state index in [4.69, 9.17) is 0 Å². The van der Waals surface area contributed by atoms with E-state index < -0.39 is 0 Å². The number of hydrogen-bond donors (Lipinski definition) is 1. The summed E-state index contributed by atoms with van der Waals surface area (Å²) in [5.74, 6) is 0. The molecular weight excluding hydrogens is 348 g/mol. The average Bonchev–Trinajstić information content (AvgIpc) is 3.14. The summed E-state index contributed by atoms with van der Waals surface area (Å²) in [6.45, 7) is 4.47. The summed E-state index contributed by atoms with van der Waals surface area (Å²) < 4.78 is 1.43. The summed E-state index contributed by atoms with van der Waals surface area (Å²) in [6.07, 6.45) is 5.10. The van der Waals surface area contributed by atoms with E-state index in [1.165, 1.54) is 41.3 Å². The van der Waals surface area contributed by atoms with Gasteiger partial charge in [-0.2, -0.15) is 0 Å². The third kappa shape index (κ3) is 4.26. The molecule has 142 valence electrons. The first kappa shape index (κ1) is 18.7. The fourth-order valence-electron chi connectivity index (χ4n) is 4.60. The van der Waals surface area contributed by atoms with Crippen molar-refractivity contribution in [3.63, 3.8) is 0 Å². The SMILES string of the molecule is CN(CCCC1(c2csc3ccccc23)CCCNC1)Cc1ccccc1. The quantitative estimate of drug-likeness (QED) is 0.589. The Morgan fingerprint density at radius 2 is 1.89 bits per heavy atom. The molecule has 1 atom stereocenters. The normalized spacial score (nSPS) is 20.4. The van der Waals surface area contributed by atoms with Crippen molar-refractivity contribution in [2.75, 3.05) is 26.7 Å². The second-order valence-electron chi connectivity index (χ2n) is 8.03. The highest BCUT2D eigenvalue weighted by Gasteiger charge is 2.35. The Morgan fingerprint density at radius 3 is 2.70 bits per heavy atom. The lowest BCUT2D eigenvalue weighted by atomic mass is 9.71. The second-order valence-corrected chi connectivity index (χ2v) is 8.94. The summed E-state index contributed by atoms with van der Waals surface area (Å²) in [7, 11) is 2.25. The number of fused-ring (bicyclic) bond motifs is 1. The van der Waals surface area contributed by atoms with Crippen molar-refractivity contribution in [3.8, 4) is 0 Å². The highest BCUT2D eigenvalue weighted by atomic mass is 32.1. The lowest BCUT2D eigenvalue weighted by Crippen LogP contribution is -2.43. The van der Waals surface area contributed by atoms with Crippen LogP contribution in [0.2, 0.25) is 0 Å². The van der Waals surface area contributed by atoms with Crippen LogP contribution in [-0.4, -0.2) is 31.6 Å². The molecule has 2 heterocycles. The molecule has 0 spiro atoms. The van der Waals surface area contributed by atoms with Gasteiger partial charge in [-0.3, -0.25) is 0 Å². The van der Waals surface area contributed by atoms with Gasteiger partial charge in [-0.05, 0) is 73.8 Å². The Bertz CT molecular complexity index is 849. The Labute approximate surface area is 167 Å². The molecule has 0 radical (unpaired) electrons. The van der Waals surface area contributed by atoms with Crippen LogP contribution >= 0.6 is 11.3 Å². The van der Waals surface area contributed by atoms with Crippen LogP contribution in [0.5, 0.6) is 0 Å². The number of rotatable bonds is 7. The van der Waals surface area contributed by atoms with Crippen LogP contribution in [0.1, 0.15) is 36.8 Å². The van der Waals surface area contributed by atoms with Crippen LogP contribution < -0.4 is 5.32 Å². The van der Waals surface area contributed by atoms with E-state index in [0.717, 1.165) is 26.2 Å². The van der Waals surface area contributed by atoms with Crippen LogP contribution in [0, 0.1) is 0 Å². The van der Waals surface area contributed by atoms with Gasteiger partial charge in [-0.15, -0.1) is 11.3 Å². The number of thiophene rings is 1. The van der Waals surface area contributed by atoms with Gasteiger partial charge >= 0.3 is 0 Å². The highest BCUT2D eigenvalue weighted by Crippen LogP contribution is 2.42. The van der Waals surface area contributed by atoms with Crippen LogP contribution in [0.25, 0.3) is 10.1 Å². The van der Waals surface area contributed by atoms with E-state index in [1.807, 2.05) is 11.3 Å². The molecule has 1 aromatic heterocycles. The van der Waals surface area contributed by atoms with Gasteiger partial charge in [0.1, 0.15) is 0 Å². The van der Waals surface area contributed by atoms with Crippen molar-refractivity contribution in [1.82, 2.24) is 10.2 Å². The molecule has 0 saturated carbocycles. The van der Waals surface area contributed by atoms with Crippen LogP contribution in [0.3, 0.4) is 0 Å². The number of piperidine rings is 1. The number of benzene rings is 2. The first-order chi connectivity index (χ1) is 13.3. The van der Waals surface area contributed by atoms with Crippen LogP contribution in [0.15, 0.2) is 60.0 Å². The van der Waals surface area contributed by atoms with Gasteiger partial charge in [-0.25, -0.2) is 0 Å². The van der Waals surface area contributed by atoms with E-state index >= 15 is 0 Å². The minimum Gasteiger partial charge on any atom is -0.316 e. The Balaban J connectivity index is 1.45. The fraction of sp³-hybridized carbons (Fsp3) is 0.417. The monoisotopic (exact) mass is 378 g/mol. The molecule has 0 amide bonds. The Morgan fingerprint density at radius 1 is 1.07 bits per heavy atom. The summed E-state index contributed by atoms with van der Waals surface area (Å²) in [6, 6.07) is 19.7. The standard InChI is InChI=1S/C24H30N2S/c1-26(17-20-9-3-2-4-10-20)16-8-14-24(13-7-15-25-19-24)22-18-27-23-12-6-5-11-21(22)23/h2-6,9-12,18,25H,7-8,13-17,19H2,1H3. The molecule has 1 fully saturated rings. The fourth-order valence-corrected chi connectivity index (χ4v) is 5.68. The molecule has 1 saturated heterocycles. The maximum Gasteiger partial charge on any atom is 0.0345 e. The lowest BCUT2D eigenvalue weighted by Gasteiger charge is -2.38. The third-order valence-corrected chi connectivity index (χ3v) is 6.98. The smallest absolute Gasteiger partial charge is 0.0345 e. The molecule has 2 aromatic carbocycles. The van der Waals surface area contributed by atoms with Crippen molar-refractivity contribution < 1.29 is 0 Å². The maximum absolute atomic E-state index is 3.70. The topological polar surface area (TPSA) is 15.3 Å². The van der Waals surface area contributed by atoms with E-state index in [9.17, 15) is 0 Å². The van der Waals surface area contributed by atoms with Gasteiger partial charge in [0.2, 0.25) is 0 Å². The van der Waals surface area contributed by atoms with E-state index in [2.05, 4.69) is 77.2 Å². The van der Waals surface area contributed by atoms with Crippen molar-refractivity contribution >= 4 is 21.4 Å². The first-order valence-electron chi connectivity index (χ1n) is 10.2. The first-order valence-corrected chi connectivity index (χ1v) is 11.0. The van der Waals surface area contributed by atoms with Gasteiger partial charge in [-0.1, -0.05) is 48.5 Å². The molecular formula is C24H30N2S. The molecule has 1 aliphatic rings.